The molecular weight excluding hydrogens is 524 g/mol. The summed E-state index contributed by atoms with van der Waals surface area (Å²) in [5, 5.41) is 12.0. The minimum Gasteiger partial charge on any atom is -0.383 e. The molecule has 4 atom stereocenters. The molecule has 6 nitrogen and oxygen atoms in total. The largest absolute Gasteiger partial charge is 0.419 e. The molecular formula is C30H34F4N4O2. The van der Waals surface area contributed by atoms with E-state index in [-0.39, 0.29) is 23.2 Å². The van der Waals surface area contributed by atoms with Crippen molar-refractivity contribution in [2.24, 2.45) is 5.92 Å². The summed E-state index contributed by atoms with van der Waals surface area (Å²) < 4.78 is 59.1. The Hall–Kier alpha value is -3.16. The zero-order valence-electron chi connectivity index (χ0n) is 22.5. The summed E-state index contributed by atoms with van der Waals surface area (Å²) in [7, 11) is 1.67. The van der Waals surface area contributed by atoms with Crippen molar-refractivity contribution in [2.75, 3.05) is 38.7 Å². The van der Waals surface area contributed by atoms with E-state index in [1.54, 1.807) is 18.1 Å². The summed E-state index contributed by atoms with van der Waals surface area (Å²) in [4.78, 5) is 17.6. The normalized spacial score (nSPS) is 26.1. The van der Waals surface area contributed by atoms with Crippen LogP contribution in [0.15, 0.2) is 42.5 Å². The maximum atomic E-state index is 13.8. The molecule has 0 spiro atoms. The van der Waals surface area contributed by atoms with Crippen LogP contribution in [0.4, 0.5) is 28.0 Å². The Bertz CT molecular complexity index is 1280. The van der Waals surface area contributed by atoms with Crippen molar-refractivity contribution in [2.45, 2.75) is 62.2 Å². The van der Waals surface area contributed by atoms with Crippen LogP contribution in [0.3, 0.4) is 0 Å². The zero-order valence-corrected chi connectivity index (χ0v) is 22.5. The van der Waals surface area contributed by atoms with E-state index in [4.69, 9.17) is 4.74 Å². The van der Waals surface area contributed by atoms with Gasteiger partial charge in [-0.1, -0.05) is 12.1 Å². The Morgan fingerprint density at radius 1 is 1.25 bits per heavy atom. The third-order valence-electron chi connectivity index (χ3n) is 8.99. The Balaban J connectivity index is 1.33. The number of carbonyl (C=O) groups excluding carboxylic acids is 1. The lowest BCUT2D eigenvalue weighted by atomic mass is 9.80. The molecule has 1 heterocycles. The van der Waals surface area contributed by atoms with Crippen molar-refractivity contribution >= 4 is 11.7 Å². The van der Waals surface area contributed by atoms with Crippen LogP contribution in [-0.2, 0) is 16.3 Å². The second-order valence-corrected chi connectivity index (χ2v) is 11.3. The van der Waals surface area contributed by atoms with Gasteiger partial charge < -0.3 is 15.0 Å². The van der Waals surface area contributed by atoms with Gasteiger partial charge in [0.05, 0.1) is 23.8 Å². The number of likely N-dealkylation sites (tertiary alicyclic amines) is 1. The molecule has 5 rings (SSSR count). The van der Waals surface area contributed by atoms with E-state index in [9.17, 15) is 27.6 Å². The highest BCUT2D eigenvalue weighted by Crippen LogP contribution is 2.63. The van der Waals surface area contributed by atoms with Crippen molar-refractivity contribution < 1.29 is 27.1 Å². The molecule has 0 aromatic heterocycles. The number of fused-ring (bicyclic) bond motifs is 1. The maximum absolute atomic E-state index is 13.8. The number of benzene rings is 2. The minimum absolute atomic E-state index is 0.0165. The number of rotatable bonds is 8. The van der Waals surface area contributed by atoms with Crippen LogP contribution >= 0.6 is 0 Å². The number of amides is 2. The molecule has 1 aliphatic heterocycles. The van der Waals surface area contributed by atoms with Crippen LogP contribution in [0.1, 0.15) is 55.2 Å². The third-order valence-corrected chi connectivity index (χ3v) is 8.99. The lowest BCUT2D eigenvalue weighted by Crippen LogP contribution is -2.49. The maximum Gasteiger partial charge on any atom is 0.419 e. The first-order chi connectivity index (χ1) is 19.1. The fourth-order valence-electron chi connectivity index (χ4n) is 6.82. The number of urea groups is 1. The van der Waals surface area contributed by atoms with Gasteiger partial charge in [0.2, 0.25) is 0 Å². The molecule has 2 amide bonds. The van der Waals surface area contributed by atoms with E-state index in [1.165, 1.54) is 0 Å². The topological polar surface area (TPSA) is 68.6 Å². The Labute approximate surface area is 231 Å². The number of anilines is 1. The van der Waals surface area contributed by atoms with Crippen molar-refractivity contribution in [1.82, 2.24) is 9.80 Å². The van der Waals surface area contributed by atoms with Gasteiger partial charge in [-0.3, -0.25) is 4.90 Å². The fourth-order valence-corrected chi connectivity index (χ4v) is 6.82. The Morgan fingerprint density at radius 3 is 2.80 bits per heavy atom. The highest BCUT2D eigenvalue weighted by Gasteiger charge is 2.58. The average molecular weight is 559 g/mol. The third kappa shape index (κ3) is 5.81. The average Bonchev–Trinajstić information content (AvgIpc) is 3.52. The predicted octanol–water partition coefficient (Wildman–Crippen LogP) is 6.17. The summed E-state index contributed by atoms with van der Waals surface area (Å²) in [6, 6.07) is 12.2. The van der Waals surface area contributed by atoms with Gasteiger partial charge >= 0.3 is 12.2 Å². The van der Waals surface area contributed by atoms with Crippen LogP contribution < -0.4 is 5.32 Å². The summed E-state index contributed by atoms with van der Waals surface area (Å²) in [6.45, 7) is 2.57. The first kappa shape index (κ1) is 28.4. The summed E-state index contributed by atoms with van der Waals surface area (Å²) in [5.41, 5.74) is 0.317. The van der Waals surface area contributed by atoms with Crippen molar-refractivity contribution in [3.8, 4) is 6.07 Å². The van der Waals surface area contributed by atoms with Gasteiger partial charge in [0, 0.05) is 38.0 Å². The molecule has 1 unspecified atom stereocenters. The second-order valence-electron chi connectivity index (χ2n) is 11.3. The first-order valence-corrected chi connectivity index (χ1v) is 13.8. The van der Waals surface area contributed by atoms with Gasteiger partial charge in [-0.25, -0.2) is 9.18 Å². The van der Waals surface area contributed by atoms with Crippen molar-refractivity contribution in [1.29, 1.82) is 5.26 Å². The predicted molar refractivity (Wildman–Crippen MR) is 142 cm³/mol. The van der Waals surface area contributed by atoms with E-state index in [1.807, 2.05) is 12.1 Å². The van der Waals surface area contributed by atoms with E-state index in [0.29, 0.717) is 37.2 Å². The standard InChI is InChI=1S/C30H34F4N4O2/c1-40-19-25-6-3-11-37(25)12-13-38(28(39)36-23-7-8-27(31)26(16-23)30(32,33)34)24-9-10-29(17-22(29)15-24)21-5-2-4-20(14-21)18-35/h2,4-5,7-8,14,16,22,24-25H,3,6,9-13,15,17,19H2,1H3,(H,36,39)/t22?,24-,25+,29+/m1/s1. The van der Waals surface area contributed by atoms with Gasteiger partial charge in [-0.15, -0.1) is 0 Å². The molecule has 1 N–H and O–H groups in total. The molecule has 3 aliphatic rings. The quantitative estimate of drug-likeness (QED) is 0.394. The van der Waals surface area contributed by atoms with Crippen LogP contribution in [0, 0.1) is 23.1 Å². The minimum atomic E-state index is -4.86. The lowest BCUT2D eigenvalue weighted by molar-refractivity contribution is -0.139. The van der Waals surface area contributed by atoms with Crippen LogP contribution in [0.5, 0.6) is 0 Å². The van der Waals surface area contributed by atoms with Crippen LogP contribution in [0.25, 0.3) is 0 Å². The number of nitrogens with zero attached hydrogens (tertiary/aromatic N) is 3. The van der Waals surface area contributed by atoms with Crippen molar-refractivity contribution in [3.63, 3.8) is 0 Å². The van der Waals surface area contributed by atoms with Crippen LogP contribution in [0.2, 0.25) is 0 Å². The summed E-state index contributed by atoms with van der Waals surface area (Å²) in [5.74, 6) is -1.01. The molecule has 2 aromatic carbocycles. The number of hydrogen-bond donors (Lipinski definition) is 1. The number of carbonyl (C=O) groups is 1. The zero-order chi connectivity index (χ0) is 28.5. The molecule has 1 saturated heterocycles. The molecule has 40 heavy (non-hydrogen) atoms. The lowest BCUT2D eigenvalue weighted by Gasteiger charge is -2.38. The van der Waals surface area contributed by atoms with Gasteiger partial charge in [0.1, 0.15) is 5.82 Å². The van der Waals surface area contributed by atoms with E-state index < -0.39 is 23.6 Å². The number of nitrogens with one attached hydrogen (secondary N) is 1. The Kier molecular flexibility index (Phi) is 8.07. The summed E-state index contributed by atoms with van der Waals surface area (Å²) in [6.07, 6.45) is 0.590. The molecule has 3 fully saturated rings. The number of alkyl halides is 3. The number of halogens is 4. The van der Waals surface area contributed by atoms with E-state index in [2.05, 4.69) is 22.4 Å². The molecule has 2 aliphatic carbocycles. The van der Waals surface area contributed by atoms with Crippen LogP contribution in [-0.4, -0.2) is 61.3 Å². The molecule has 214 valence electrons. The number of ether oxygens (including phenoxy) is 1. The SMILES string of the molecule is COC[C@@H]1CCCN1CCN(C(=O)Nc1ccc(F)c(C(F)(F)F)c1)[C@@H]1CC[C@@]2(c3cccc(C#N)c3)CC2C1. The highest BCUT2D eigenvalue weighted by molar-refractivity contribution is 5.89. The fraction of sp³-hybridized carbons (Fsp3) is 0.533. The van der Waals surface area contributed by atoms with Gasteiger partial charge in [0.15, 0.2) is 0 Å². The summed E-state index contributed by atoms with van der Waals surface area (Å²) >= 11 is 0. The number of hydrogen-bond acceptors (Lipinski definition) is 4. The van der Waals surface area contributed by atoms with E-state index >= 15 is 0 Å². The van der Waals surface area contributed by atoms with Gasteiger partial charge in [-0.2, -0.15) is 18.4 Å². The first-order valence-electron chi connectivity index (χ1n) is 13.8. The Morgan fingerprint density at radius 2 is 2.08 bits per heavy atom. The molecule has 0 bridgehead atoms. The smallest absolute Gasteiger partial charge is 0.383 e. The molecule has 2 aromatic rings. The van der Waals surface area contributed by atoms with Gasteiger partial charge in [-0.05, 0) is 92.3 Å². The molecule has 10 heteroatoms. The highest BCUT2D eigenvalue weighted by atomic mass is 19.4. The van der Waals surface area contributed by atoms with E-state index in [0.717, 1.165) is 62.8 Å². The number of nitriles is 1. The van der Waals surface area contributed by atoms with Gasteiger partial charge in [0.25, 0.3) is 0 Å². The molecule has 0 radical (unpaired) electrons. The number of methoxy groups -OCH3 is 1. The monoisotopic (exact) mass is 558 g/mol. The van der Waals surface area contributed by atoms with Crippen molar-refractivity contribution in [3.05, 3.63) is 65.0 Å². The second kappa shape index (κ2) is 11.4. The molecule has 2 saturated carbocycles.